The van der Waals surface area contributed by atoms with Gasteiger partial charge in [-0.2, -0.15) is 0 Å². The molecule has 5 nitrogen and oxygen atoms in total. The number of hydrogen-bond donors (Lipinski definition) is 2. The summed E-state index contributed by atoms with van der Waals surface area (Å²) >= 11 is 0. The van der Waals surface area contributed by atoms with Crippen LogP contribution < -0.4 is 5.32 Å². The average Bonchev–Trinajstić information content (AvgIpc) is 3.06. The number of hydrogen-bond acceptors (Lipinski definition) is 3. The molecular formula is C18H13F3N2O3. The lowest BCUT2D eigenvalue weighted by Gasteiger charge is -2.13. The Balaban J connectivity index is 1.69. The van der Waals surface area contributed by atoms with Crippen LogP contribution in [0.1, 0.15) is 17.4 Å². The van der Waals surface area contributed by atoms with Crippen molar-refractivity contribution in [3.63, 3.8) is 0 Å². The number of ether oxygens (including phenoxy) is 1. The molecule has 0 fully saturated rings. The normalized spacial score (nSPS) is 12.0. The number of nitrogens with one attached hydrogen (secondary N) is 2. The number of carbonyl (C=O) groups excluding carboxylic acids is 2. The highest BCUT2D eigenvalue weighted by Gasteiger charge is 2.22. The van der Waals surface area contributed by atoms with Gasteiger partial charge < -0.3 is 15.0 Å². The molecule has 134 valence electrons. The highest BCUT2D eigenvalue weighted by atomic mass is 19.2. The number of aromatic nitrogens is 1. The first kappa shape index (κ1) is 17.5. The third-order valence-electron chi connectivity index (χ3n) is 3.70. The standard InChI is InChI=1S/C18H13F3N2O3/c1-9(17(24)23-13-7-6-11(19)15(20)16(13)21)26-18(25)14-8-10-4-2-3-5-12(10)22-14/h2-9,22H,1H3,(H,23,24)/t9-/m1/s1. The van der Waals surface area contributed by atoms with Crippen LogP contribution in [0.3, 0.4) is 0 Å². The molecule has 2 N–H and O–H groups in total. The number of H-pyrrole nitrogens is 1. The van der Waals surface area contributed by atoms with Crippen molar-refractivity contribution in [1.29, 1.82) is 0 Å². The largest absolute Gasteiger partial charge is 0.448 e. The monoisotopic (exact) mass is 362 g/mol. The summed E-state index contributed by atoms with van der Waals surface area (Å²) in [7, 11) is 0. The van der Waals surface area contributed by atoms with Crippen LogP contribution in [0.25, 0.3) is 10.9 Å². The second-order valence-electron chi connectivity index (χ2n) is 5.53. The van der Waals surface area contributed by atoms with E-state index in [0.29, 0.717) is 6.07 Å². The predicted molar refractivity (Wildman–Crippen MR) is 88.1 cm³/mol. The zero-order chi connectivity index (χ0) is 18.8. The summed E-state index contributed by atoms with van der Waals surface area (Å²) in [4.78, 5) is 27.0. The van der Waals surface area contributed by atoms with Gasteiger partial charge in [0.15, 0.2) is 23.6 Å². The van der Waals surface area contributed by atoms with Crippen molar-refractivity contribution in [3.8, 4) is 0 Å². The van der Waals surface area contributed by atoms with E-state index in [1.54, 1.807) is 30.3 Å². The second kappa shape index (κ2) is 6.91. The SMILES string of the molecule is C[C@@H](OC(=O)c1cc2ccccc2[nH]1)C(=O)Nc1ccc(F)c(F)c1F. The first-order valence-corrected chi connectivity index (χ1v) is 7.60. The van der Waals surface area contributed by atoms with Crippen LogP contribution >= 0.6 is 0 Å². The third kappa shape index (κ3) is 3.39. The summed E-state index contributed by atoms with van der Waals surface area (Å²) < 4.78 is 44.7. The Labute approximate surface area is 145 Å². The van der Waals surface area contributed by atoms with E-state index >= 15 is 0 Å². The molecular weight excluding hydrogens is 349 g/mol. The molecule has 0 bridgehead atoms. The summed E-state index contributed by atoms with van der Waals surface area (Å²) in [5, 5.41) is 2.85. The van der Waals surface area contributed by atoms with Gasteiger partial charge in [-0.3, -0.25) is 4.79 Å². The lowest BCUT2D eigenvalue weighted by molar-refractivity contribution is -0.123. The number of esters is 1. The van der Waals surface area contributed by atoms with E-state index in [2.05, 4.69) is 10.3 Å². The number of benzene rings is 2. The maximum absolute atomic E-state index is 13.6. The van der Waals surface area contributed by atoms with Crippen LogP contribution in [0.15, 0.2) is 42.5 Å². The van der Waals surface area contributed by atoms with Gasteiger partial charge in [-0.15, -0.1) is 0 Å². The summed E-state index contributed by atoms with van der Waals surface area (Å²) in [5.41, 5.74) is 0.313. The summed E-state index contributed by atoms with van der Waals surface area (Å²) in [5.74, 6) is -6.29. The maximum Gasteiger partial charge on any atom is 0.355 e. The zero-order valence-corrected chi connectivity index (χ0v) is 13.5. The van der Waals surface area contributed by atoms with E-state index in [0.717, 1.165) is 17.0 Å². The van der Waals surface area contributed by atoms with Crippen LogP contribution in [0.5, 0.6) is 0 Å². The Morgan fingerprint density at radius 3 is 2.54 bits per heavy atom. The molecule has 0 unspecified atom stereocenters. The minimum atomic E-state index is -1.70. The van der Waals surface area contributed by atoms with E-state index in [4.69, 9.17) is 4.74 Å². The van der Waals surface area contributed by atoms with Crippen molar-refractivity contribution in [2.75, 3.05) is 5.32 Å². The van der Waals surface area contributed by atoms with Crippen molar-refractivity contribution in [1.82, 2.24) is 4.98 Å². The van der Waals surface area contributed by atoms with Crippen molar-refractivity contribution in [3.05, 3.63) is 65.6 Å². The molecule has 3 rings (SSSR count). The molecule has 0 aliphatic heterocycles. The smallest absolute Gasteiger partial charge is 0.355 e. The van der Waals surface area contributed by atoms with Crippen molar-refractivity contribution in [2.45, 2.75) is 13.0 Å². The molecule has 0 spiro atoms. The van der Waals surface area contributed by atoms with Crippen LogP contribution in [-0.2, 0) is 9.53 Å². The fourth-order valence-electron chi connectivity index (χ4n) is 2.32. The van der Waals surface area contributed by atoms with Gasteiger partial charge in [-0.25, -0.2) is 18.0 Å². The van der Waals surface area contributed by atoms with E-state index in [1.165, 1.54) is 6.92 Å². The molecule has 3 aromatic rings. The molecule has 0 saturated carbocycles. The van der Waals surface area contributed by atoms with Gasteiger partial charge in [0.1, 0.15) is 5.69 Å². The van der Waals surface area contributed by atoms with Gasteiger partial charge >= 0.3 is 5.97 Å². The fourth-order valence-corrected chi connectivity index (χ4v) is 2.32. The van der Waals surface area contributed by atoms with Gasteiger partial charge in [0, 0.05) is 10.9 Å². The molecule has 26 heavy (non-hydrogen) atoms. The zero-order valence-electron chi connectivity index (χ0n) is 13.5. The Bertz CT molecular complexity index is 968. The Morgan fingerprint density at radius 2 is 1.81 bits per heavy atom. The molecule has 0 aliphatic carbocycles. The van der Waals surface area contributed by atoms with Crippen LogP contribution in [0, 0.1) is 17.5 Å². The lowest BCUT2D eigenvalue weighted by atomic mass is 10.2. The van der Waals surface area contributed by atoms with E-state index < -0.39 is 41.1 Å². The molecule has 2 aromatic carbocycles. The quantitative estimate of drug-likeness (QED) is 0.548. The number of para-hydroxylation sites is 1. The molecule has 1 heterocycles. The number of fused-ring (bicyclic) bond motifs is 1. The van der Waals surface area contributed by atoms with Gasteiger partial charge in [0.25, 0.3) is 5.91 Å². The maximum atomic E-state index is 13.6. The number of anilines is 1. The number of rotatable bonds is 4. The highest BCUT2D eigenvalue weighted by Crippen LogP contribution is 2.20. The number of carbonyl (C=O) groups is 2. The fraction of sp³-hybridized carbons (Fsp3) is 0.111. The Kier molecular flexibility index (Phi) is 4.66. The molecule has 1 aromatic heterocycles. The molecule has 8 heteroatoms. The van der Waals surface area contributed by atoms with Crippen LogP contribution in [0.4, 0.5) is 18.9 Å². The average molecular weight is 362 g/mol. The minimum Gasteiger partial charge on any atom is -0.448 e. The molecule has 1 atom stereocenters. The van der Waals surface area contributed by atoms with Crippen molar-refractivity contribution < 1.29 is 27.5 Å². The van der Waals surface area contributed by atoms with Crippen LogP contribution in [-0.4, -0.2) is 23.0 Å². The summed E-state index contributed by atoms with van der Waals surface area (Å²) in [6, 6.07) is 10.3. The first-order chi connectivity index (χ1) is 12.4. The molecule has 0 aliphatic rings. The molecule has 0 saturated heterocycles. The Morgan fingerprint density at radius 1 is 1.08 bits per heavy atom. The number of halogens is 3. The van der Waals surface area contributed by atoms with Gasteiger partial charge in [0.2, 0.25) is 0 Å². The van der Waals surface area contributed by atoms with Gasteiger partial charge in [0.05, 0.1) is 5.69 Å². The van der Waals surface area contributed by atoms with E-state index in [9.17, 15) is 22.8 Å². The third-order valence-corrected chi connectivity index (χ3v) is 3.70. The van der Waals surface area contributed by atoms with Gasteiger partial charge in [-0.05, 0) is 31.2 Å². The van der Waals surface area contributed by atoms with E-state index in [1.807, 2.05) is 0 Å². The lowest BCUT2D eigenvalue weighted by Crippen LogP contribution is -2.30. The van der Waals surface area contributed by atoms with E-state index in [-0.39, 0.29) is 5.69 Å². The van der Waals surface area contributed by atoms with Crippen molar-refractivity contribution >= 4 is 28.5 Å². The highest BCUT2D eigenvalue weighted by molar-refractivity contribution is 5.98. The summed E-state index contributed by atoms with van der Waals surface area (Å²) in [6.07, 6.45) is -1.29. The van der Waals surface area contributed by atoms with Gasteiger partial charge in [-0.1, -0.05) is 18.2 Å². The molecule has 1 amide bonds. The van der Waals surface area contributed by atoms with Crippen LogP contribution in [0.2, 0.25) is 0 Å². The second-order valence-corrected chi connectivity index (χ2v) is 5.53. The number of aromatic amines is 1. The number of amides is 1. The summed E-state index contributed by atoms with van der Waals surface area (Å²) in [6.45, 7) is 1.27. The van der Waals surface area contributed by atoms with Crippen molar-refractivity contribution in [2.24, 2.45) is 0 Å². The first-order valence-electron chi connectivity index (χ1n) is 7.60. The molecule has 0 radical (unpaired) electrons. The minimum absolute atomic E-state index is 0.143. The predicted octanol–water partition coefficient (Wildman–Crippen LogP) is 3.77. The Hall–Kier alpha value is -3.29. The topological polar surface area (TPSA) is 71.2 Å².